The van der Waals surface area contributed by atoms with E-state index >= 15 is 0 Å². The average molecular weight is 489 g/mol. The first-order valence-electron chi connectivity index (χ1n) is 13.9. The third-order valence-electron chi connectivity index (χ3n) is 11.0. The number of ether oxygens (including phenoxy) is 4. The van der Waals surface area contributed by atoms with Crippen molar-refractivity contribution < 1.29 is 33.3 Å². The monoisotopic (exact) mass is 488 g/mol. The van der Waals surface area contributed by atoms with Crippen molar-refractivity contribution >= 4 is 17.7 Å². The Morgan fingerprint density at radius 1 is 0.914 bits per heavy atom. The molecule has 0 amide bonds. The summed E-state index contributed by atoms with van der Waals surface area (Å²) in [6.07, 6.45) is 4.96. The van der Waals surface area contributed by atoms with E-state index in [2.05, 4.69) is 6.92 Å². The first-order valence-corrected chi connectivity index (χ1v) is 13.9. The number of fused-ring (bicyclic) bond motifs is 4. The summed E-state index contributed by atoms with van der Waals surface area (Å²) in [5.74, 6) is 3.34. The van der Waals surface area contributed by atoms with E-state index in [1.807, 2.05) is 6.92 Å². The van der Waals surface area contributed by atoms with Gasteiger partial charge < -0.3 is 18.9 Å². The van der Waals surface area contributed by atoms with Gasteiger partial charge in [-0.2, -0.15) is 0 Å². The molecular weight excluding hydrogens is 448 g/mol. The summed E-state index contributed by atoms with van der Waals surface area (Å²) < 4.78 is 22.3. The van der Waals surface area contributed by atoms with Crippen LogP contribution in [-0.2, 0) is 33.3 Å². The zero-order valence-electron chi connectivity index (χ0n) is 21.2. The number of hydrogen-bond acceptors (Lipinski definition) is 7. The summed E-state index contributed by atoms with van der Waals surface area (Å²) in [6.45, 7) is 8.69. The standard InChI is InChI=1S/C28H40O7/c1-13-19-9-17(10-20(19)15(3)29)23(13)26-21-11-16(25(26)24-14(2)27(30)35-28(24)31)8-18(21)12-32-5-4-22-33-6-7-34-22/h13-14,16-26H,4-12H2,1-3H3. The lowest BCUT2D eigenvalue weighted by molar-refractivity contribution is -0.154. The first-order chi connectivity index (χ1) is 16.8. The van der Waals surface area contributed by atoms with E-state index in [-0.39, 0.29) is 41.9 Å². The van der Waals surface area contributed by atoms with Crippen LogP contribution in [0.15, 0.2) is 0 Å². The Bertz CT molecular complexity index is 863. The Morgan fingerprint density at radius 3 is 2.29 bits per heavy atom. The van der Waals surface area contributed by atoms with E-state index in [0.29, 0.717) is 72.9 Å². The summed E-state index contributed by atoms with van der Waals surface area (Å²) in [5.41, 5.74) is 0. The molecule has 6 rings (SSSR count). The number of Topliss-reactive ketones (excluding diaryl/α,β-unsaturated/α-hetero) is 1. The van der Waals surface area contributed by atoms with Crippen molar-refractivity contribution in [2.45, 2.75) is 59.2 Å². The third kappa shape index (κ3) is 3.91. The largest absolute Gasteiger partial charge is 0.393 e. The van der Waals surface area contributed by atoms with Gasteiger partial charge in [0.15, 0.2) is 6.29 Å². The van der Waals surface area contributed by atoms with Gasteiger partial charge >= 0.3 is 11.9 Å². The van der Waals surface area contributed by atoms with Gasteiger partial charge in [-0.05, 0) is 85.9 Å². The molecule has 7 nitrogen and oxygen atoms in total. The molecule has 12 unspecified atom stereocenters. The zero-order valence-corrected chi connectivity index (χ0v) is 21.2. The van der Waals surface area contributed by atoms with Gasteiger partial charge in [0, 0.05) is 18.9 Å². The summed E-state index contributed by atoms with van der Waals surface area (Å²) in [7, 11) is 0. The van der Waals surface area contributed by atoms with Gasteiger partial charge in [-0.25, -0.2) is 0 Å². The molecule has 4 saturated carbocycles. The molecule has 0 radical (unpaired) electrons. The summed E-state index contributed by atoms with van der Waals surface area (Å²) in [5, 5.41) is 0. The fraction of sp³-hybridized carbons (Fsp3) is 0.893. The second-order valence-corrected chi connectivity index (χ2v) is 12.4. The fourth-order valence-electron chi connectivity index (χ4n) is 9.80. The minimum Gasteiger partial charge on any atom is -0.393 e. The van der Waals surface area contributed by atoms with Crippen molar-refractivity contribution in [3.8, 4) is 0 Å². The van der Waals surface area contributed by atoms with Crippen LogP contribution in [0.4, 0.5) is 0 Å². The first kappa shape index (κ1) is 24.1. The SMILES string of the molecule is CC(=O)C1CC2CC1C(C)C2C1C2CC(CC2COCCC2OCCO2)C1C1C(=O)OC(=O)C1C. The number of ketones is 1. The fourth-order valence-corrected chi connectivity index (χ4v) is 9.80. The second-order valence-electron chi connectivity index (χ2n) is 12.4. The van der Waals surface area contributed by atoms with Crippen LogP contribution < -0.4 is 0 Å². The van der Waals surface area contributed by atoms with Crippen molar-refractivity contribution in [2.24, 2.45) is 71.0 Å². The van der Waals surface area contributed by atoms with Crippen molar-refractivity contribution in [1.82, 2.24) is 0 Å². The van der Waals surface area contributed by atoms with Gasteiger partial charge in [-0.1, -0.05) is 13.8 Å². The Kier molecular flexibility index (Phi) is 6.33. The number of hydrogen-bond donors (Lipinski definition) is 0. The molecule has 4 bridgehead atoms. The molecule has 6 aliphatic rings. The molecule has 0 aromatic rings. The van der Waals surface area contributed by atoms with Crippen LogP contribution in [-0.4, -0.2) is 50.4 Å². The highest BCUT2D eigenvalue weighted by Crippen LogP contribution is 2.68. The normalized spacial score (nSPS) is 48.9. The van der Waals surface area contributed by atoms with E-state index in [1.165, 1.54) is 0 Å². The third-order valence-corrected chi connectivity index (χ3v) is 11.0. The molecule has 35 heavy (non-hydrogen) atoms. The lowest BCUT2D eigenvalue weighted by atomic mass is 9.57. The van der Waals surface area contributed by atoms with Crippen LogP contribution in [0.25, 0.3) is 0 Å². The highest BCUT2D eigenvalue weighted by Gasteiger charge is 2.65. The molecule has 2 saturated heterocycles. The molecule has 12 atom stereocenters. The molecule has 0 aromatic heterocycles. The predicted octanol–water partition coefficient (Wildman–Crippen LogP) is 3.49. The molecule has 0 N–H and O–H groups in total. The molecular formula is C28H40O7. The maximum absolute atomic E-state index is 12.9. The van der Waals surface area contributed by atoms with Crippen molar-refractivity contribution in [1.29, 1.82) is 0 Å². The Morgan fingerprint density at radius 2 is 1.63 bits per heavy atom. The average Bonchev–Trinajstić information content (AvgIpc) is 3.64. The van der Waals surface area contributed by atoms with E-state index in [4.69, 9.17) is 18.9 Å². The number of cyclic esters (lactones) is 2. The summed E-state index contributed by atoms with van der Waals surface area (Å²) >= 11 is 0. The lowest BCUT2D eigenvalue weighted by Crippen LogP contribution is -2.45. The number of rotatable bonds is 8. The topological polar surface area (TPSA) is 88.1 Å². The van der Waals surface area contributed by atoms with Crippen molar-refractivity contribution in [3.63, 3.8) is 0 Å². The molecule has 0 spiro atoms. The van der Waals surface area contributed by atoms with Gasteiger partial charge in [0.2, 0.25) is 0 Å². The van der Waals surface area contributed by atoms with Gasteiger partial charge in [0.25, 0.3) is 0 Å². The number of esters is 2. The van der Waals surface area contributed by atoms with Gasteiger partial charge in [0.1, 0.15) is 5.78 Å². The minimum atomic E-state index is -0.352. The van der Waals surface area contributed by atoms with Gasteiger partial charge in [-0.3, -0.25) is 14.4 Å². The smallest absolute Gasteiger partial charge is 0.317 e. The minimum absolute atomic E-state index is 0.135. The maximum atomic E-state index is 12.9. The van der Waals surface area contributed by atoms with Crippen molar-refractivity contribution in [2.75, 3.05) is 26.4 Å². The number of carbonyl (C=O) groups is 3. The molecule has 2 heterocycles. The van der Waals surface area contributed by atoms with E-state index in [9.17, 15) is 14.4 Å². The molecule has 4 aliphatic carbocycles. The maximum Gasteiger partial charge on any atom is 0.317 e. The van der Waals surface area contributed by atoms with Crippen LogP contribution in [0.2, 0.25) is 0 Å². The van der Waals surface area contributed by atoms with E-state index in [1.54, 1.807) is 6.92 Å². The van der Waals surface area contributed by atoms with Crippen LogP contribution in [0.3, 0.4) is 0 Å². The highest BCUT2D eigenvalue weighted by atomic mass is 16.7. The molecule has 194 valence electrons. The molecule has 7 heteroatoms. The number of carbonyl (C=O) groups excluding carboxylic acids is 3. The van der Waals surface area contributed by atoms with Crippen LogP contribution >= 0.6 is 0 Å². The van der Waals surface area contributed by atoms with Crippen LogP contribution in [0.5, 0.6) is 0 Å². The van der Waals surface area contributed by atoms with Crippen LogP contribution in [0.1, 0.15) is 52.9 Å². The second kappa shape index (κ2) is 9.21. The lowest BCUT2D eigenvalue weighted by Gasteiger charge is -2.46. The highest BCUT2D eigenvalue weighted by molar-refractivity contribution is 5.96. The van der Waals surface area contributed by atoms with Gasteiger partial charge in [0.05, 0.1) is 31.7 Å². The summed E-state index contributed by atoms with van der Waals surface area (Å²) in [6, 6.07) is 0. The summed E-state index contributed by atoms with van der Waals surface area (Å²) in [4.78, 5) is 37.5. The van der Waals surface area contributed by atoms with E-state index in [0.717, 1.165) is 38.7 Å². The quantitative estimate of drug-likeness (QED) is 0.294. The zero-order chi connectivity index (χ0) is 24.4. The van der Waals surface area contributed by atoms with Crippen molar-refractivity contribution in [3.05, 3.63) is 0 Å². The Labute approximate surface area is 207 Å². The van der Waals surface area contributed by atoms with Gasteiger partial charge in [-0.15, -0.1) is 0 Å². The molecule has 0 aromatic carbocycles. The Balaban J connectivity index is 1.20. The molecule has 2 aliphatic heterocycles. The van der Waals surface area contributed by atoms with E-state index < -0.39 is 0 Å². The predicted molar refractivity (Wildman–Crippen MR) is 125 cm³/mol. The molecule has 6 fully saturated rings. The van der Waals surface area contributed by atoms with Crippen LogP contribution in [0, 0.1) is 71.0 Å². The Hall–Kier alpha value is -1.31.